The summed E-state index contributed by atoms with van der Waals surface area (Å²) in [4.78, 5) is 13.8. The Bertz CT molecular complexity index is 590. The van der Waals surface area contributed by atoms with Crippen LogP contribution in [0.4, 0.5) is 0 Å². The maximum atomic E-state index is 12.3. The maximum absolute atomic E-state index is 12.3. The summed E-state index contributed by atoms with van der Waals surface area (Å²) >= 11 is 12.0. The predicted molar refractivity (Wildman–Crippen MR) is 75.5 cm³/mol. The highest BCUT2D eigenvalue weighted by molar-refractivity contribution is 6.33. The molecular formula is C13H13Cl2N3O. The molecule has 1 heterocycles. The number of hydrogen-bond donors (Lipinski definition) is 0. The molecule has 1 amide bonds. The number of halogens is 2. The lowest BCUT2D eigenvalue weighted by atomic mass is 10.2. The highest BCUT2D eigenvalue weighted by atomic mass is 35.5. The largest absolute Gasteiger partial charge is 0.336 e. The van der Waals surface area contributed by atoms with Gasteiger partial charge in [0.2, 0.25) is 0 Å². The molecule has 0 atom stereocenters. The van der Waals surface area contributed by atoms with Gasteiger partial charge >= 0.3 is 0 Å². The van der Waals surface area contributed by atoms with Crippen LogP contribution in [0, 0.1) is 0 Å². The van der Waals surface area contributed by atoms with Gasteiger partial charge in [0.15, 0.2) is 0 Å². The number of aromatic nitrogens is 2. The first-order valence-corrected chi connectivity index (χ1v) is 6.42. The number of carbonyl (C=O) groups excluding carboxylic acids is 1. The molecule has 0 saturated heterocycles. The van der Waals surface area contributed by atoms with Gasteiger partial charge in [-0.1, -0.05) is 35.3 Å². The van der Waals surface area contributed by atoms with Crippen LogP contribution in [0.5, 0.6) is 0 Å². The van der Waals surface area contributed by atoms with Gasteiger partial charge in [-0.15, -0.1) is 0 Å². The molecule has 6 heteroatoms. The summed E-state index contributed by atoms with van der Waals surface area (Å²) in [6.07, 6.45) is 1.56. The molecule has 0 aliphatic carbocycles. The molecule has 2 rings (SSSR count). The summed E-state index contributed by atoms with van der Waals surface area (Å²) in [6.45, 7) is 0.374. The van der Waals surface area contributed by atoms with Gasteiger partial charge in [-0.05, 0) is 12.1 Å². The van der Waals surface area contributed by atoms with Crippen molar-refractivity contribution in [2.45, 2.75) is 6.54 Å². The number of amides is 1. The highest BCUT2D eigenvalue weighted by Gasteiger charge is 2.17. The molecule has 0 unspecified atom stereocenters. The molecule has 0 N–H and O–H groups in total. The van der Waals surface area contributed by atoms with Crippen LogP contribution < -0.4 is 0 Å². The van der Waals surface area contributed by atoms with E-state index < -0.39 is 0 Å². The second-order valence-corrected chi connectivity index (χ2v) is 5.02. The molecule has 0 radical (unpaired) electrons. The van der Waals surface area contributed by atoms with E-state index in [0.29, 0.717) is 22.2 Å². The minimum atomic E-state index is -0.150. The minimum absolute atomic E-state index is 0.150. The molecule has 0 spiro atoms. The fourth-order valence-electron chi connectivity index (χ4n) is 1.75. The van der Waals surface area contributed by atoms with Crippen molar-refractivity contribution in [3.05, 3.63) is 51.8 Å². The zero-order chi connectivity index (χ0) is 14.0. The van der Waals surface area contributed by atoms with Crippen molar-refractivity contribution in [2.75, 3.05) is 7.05 Å². The van der Waals surface area contributed by atoms with Gasteiger partial charge in [0.1, 0.15) is 0 Å². The van der Waals surface area contributed by atoms with Crippen LogP contribution >= 0.6 is 23.2 Å². The average Bonchev–Trinajstić information content (AvgIpc) is 2.70. The van der Waals surface area contributed by atoms with Gasteiger partial charge in [0.25, 0.3) is 5.91 Å². The van der Waals surface area contributed by atoms with E-state index in [4.69, 9.17) is 23.2 Å². The van der Waals surface area contributed by atoms with Crippen molar-refractivity contribution in [1.82, 2.24) is 14.7 Å². The minimum Gasteiger partial charge on any atom is -0.336 e. The van der Waals surface area contributed by atoms with E-state index in [1.165, 1.54) is 0 Å². The molecule has 100 valence electrons. The third-order valence-corrected chi connectivity index (χ3v) is 3.49. The Labute approximate surface area is 121 Å². The molecule has 0 bridgehead atoms. The molecule has 0 aliphatic rings. The Morgan fingerprint density at radius 1 is 1.32 bits per heavy atom. The third kappa shape index (κ3) is 2.91. The van der Waals surface area contributed by atoms with E-state index in [9.17, 15) is 4.79 Å². The molecule has 1 aromatic carbocycles. The standard InChI is InChI=1S/C13H13Cl2N3O/c1-17(8-12-11(15)7-16-18(12)2)13(19)9-5-3-4-6-10(9)14/h3-7H,8H2,1-2H3. The van der Waals surface area contributed by atoms with Crippen LogP contribution in [0.2, 0.25) is 10.0 Å². The Morgan fingerprint density at radius 3 is 2.58 bits per heavy atom. The molecule has 0 aliphatic heterocycles. The Hall–Kier alpha value is -1.52. The number of hydrogen-bond acceptors (Lipinski definition) is 2. The van der Waals surface area contributed by atoms with Gasteiger partial charge in [-0.3, -0.25) is 9.48 Å². The van der Waals surface area contributed by atoms with E-state index in [0.717, 1.165) is 5.69 Å². The predicted octanol–water partition coefficient (Wildman–Crippen LogP) is 3.00. The van der Waals surface area contributed by atoms with Gasteiger partial charge in [0.05, 0.1) is 34.0 Å². The van der Waals surface area contributed by atoms with Crippen molar-refractivity contribution in [3.63, 3.8) is 0 Å². The normalized spacial score (nSPS) is 10.5. The number of nitrogens with zero attached hydrogens (tertiary/aromatic N) is 3. The van der Waals surface area contributed by atoms with Crippen LogP contribution in [0.15, 0.2) is 30.5 Å². The first-order chi connectivity index (χ1) is 9.00. The van der Waals surface area contributed by atoms with Crippen LogP contribution in [0.1, 0.15) is 16.1 Å². The molecule has 19 heavy (non-hydrogen) atoms. The lowest BCUT2D eigenvalue weighted by Crippen LogP contribution is -2.27. The van der Waals surface area contributed by atoms with Crippen LogP contribution in [-0.2, 0) is 13.6 Å². The van der Waals surface area contributed by atoms with Gasteiger partial charge in [-0.25, -0.2) is 0 Å². The second-order valence-electron chi connectivity index (χ2n) is 4.20. The van der Waals surface area contributed by atoms with Crippen molar-refractivity contribution in [3.8, 4) is 0 Å². The van der Waals surface area contributed by atoms with Crippen LogP contribution in [0.3, 0.4) is 0 Å². The number of carbonyl (C=O) groups is 1. The summed E-state index contributed by atoms with van der Waals surface area (Å²) in [5, 5.41) is 5.02. The quantitative estimate of drug-likeness (QED) is 0.873. The highest BCUT2D eigenvalue weighted by Crippen LogP contribution is 2.20. The lowest BCUT2D eigenvalue weighted by molar-refractivity contribution is 0.0782. The first-order valence-electron chi connectivity index (χ1n) is 5.67. The zero-order valence-corrected chi connectivity index (χ0v) is 12.1. The van der Waals surface area contributed by atoms with Gasteiger partial charge in [0, 0.05) is 14.1 Å². The monoisotopic (exact) mass is 297 g/mol. The van der Waals surface area contributed by atoms with E-state index >= 15 is 0 Å². The summed E-state index contributed by atoms with van der Waals surface area (Å²) < 4.78 is 1.65. The SMILES string of the molecule is CN(Cc1c(Cl)cnn1C)C(=O)c1ccccc1Cl. The van der Waals surface area contributed by atoms with Crippen molar-refractivity contribution >= 4 is 29.1 Å². The van der Waals surface area contributed by atoms with Crippen LogP contribution in [0.25, 0.3) is 0 Å². The first kappa shape index (κ1) is 13.9. The summed E-state index contributed by atoms with van der Waals surface area (Å²) in [5.41, 5.74) is 1.26. The lowest BCUT2D eigenvalue weighted by Gasteiger charge is -2.18. The number of benzene rings is 1. The fourth-order valence-corrected chi connectivity index (χ4v) is 2.19. The molecule has 4 nitrogen and oxygen atoms in total. The fraction of sp³-hybridized carbons (Fsp3) is 0.231. The van der Waals surface area contributed by atoms with Gasteiger partial charge < -0.3 is 4.90 Å². The van der Waals surface area contributed by atoms with E-state index in [-0.39, 0.29) is 5.91 Å². The van der Waals surface area contributed by atoms with E-state index in [1.807, 2.05) is 0 Å². The van der Waals surface area contributed by atoms with E-state index in [2.05, 4.69) is 5.10 Å². The smallest absolute Gasteiger partial charge is 0.255 e. The van der Waals surface area contributed by atoms with Gasteiger partial charge in [-0.2, -0.15) is 5.10 Å². The number of aryl methyl sites for hydroxylation is 1. The molecule has 0 saturated carbocycles. The van der Waals surface area contributed by atoms with Crippen molar-refractivity contribution in [1.29, 1.82) is 0 Å². The summed E-state index contributed by atoms with van der Waals surface area (Å²) in [6, 6.07) is 6.97. The summed E-state index contributed by atoms with van der Waals surface area (Å²) in [7, 11) is 3.49. The maximum Gasteiger partial charge on any atom is 0.255 e. The van der Waals surface area contributed by atoms with Crippen molar-refractivity contribution < 1.29 is 4.79 Å². The second kappa shape index (κ2) is 5.63. The Morgan fingerprint density at radius 2 is 2.00 bits per heavy atom. The topological polar surface area (TPSA) is 38.1 Å². The number of rotatable bonds is 3. The third-order valence-electron chi connectivity index (χ3n) is 2.85. The van der Waals surface area contributed by atoms with Crippen molar-refractivity contribution in [2.24, 2.45) is 7.05 Å². The summed E-state index contributed by atoms with van der Waals surface area (Å²) in [5.74, 6) is -0.150. The van der Waals surface area contributed by atoms with E-state index in [1.54, 1.807) is 54.1 Å². The van der Waals surface area contributed by atoms with Crippen LogP contribution in [-0.4, -0.2) is 27.6 Å². The zero-order valence-electron chi connectivity index (χ0n) is 10.6. The average molecular weight is 298 g/mol. The molecule has 2 aromatic rings. The Kier molecular flexibility index (Phi) is 4.12. The Balaban J connectivity index is 2.19. The molecular weight excluding hydrogens is 285 g/mol. The molecule has 1 aromatic heterocycles. The molecule has 0 fully saturated rings.